The molecule has 44 heavy (non-hydrogen) atoms. The van der Waals surface area contributed by atoms with Gasteiger partial charge in [-0.1, -0.05) is 78.3 Å². The van der Waals surface area contributed by atoms with Crippen LogP contribution in [0.15, 0.2) is 114 Å². The molecule has 0 saturated heterocycles. The van der Waals surface area contributed by atoms with E-state index in [1.54, 1.807) is 42.5 Å². The van der Waals surface area contributed by atoms with Crippen molar-refractivity contribution in [2.24, 2.45) is 0 Å². The van der Waals surface area contributed by atoms with Crippen LogP contribution in [0, 0.1) is 5.82 Å². The molecule has 2 amide bonds. The van der Waals surface area contributed by atoms with Crippen LogP contribution in [-0.2, 0) is 32.6 Å². The number of sulfonamides is 1. The van der Waals surface area contributed by atoms with Crippen molar-refractivity contribution in [1.29, 1.82) is 0 Å². The molecule has 10 heteroatoms. The Morgan fingerprint density at radius 2 is 1.41 bits per heavy atom. The standard InChI is InChI=1S/C34H35ClFN3O4S/c1-34(2,3)37-33(41)31(22-25-12-6-4-7-13-25)38(23-26-14-10-11-17-30(26)35)32(40)24-39(28-20-18-27(36)19-21-28)44(42,43)29-15-8-5-9-16-29/h4-21,31H,22-24H2,1-3H3,(H,37,41)/t31-/m1/s1. The van der Waals surface area contributed by atoms with Crippen LogP contribution in [0.4, 0.5) is 10.1 Å². The van der Waals surface area contributed by atoms with Gasteiger partial charge in [0.1, 0.15) is 18.4 Å². The fourth-order valence-electron chi connectivity index (χ4n) is 4.67. The van der Waals surface area contributed by atoms with Gasteiger partial charge in [-0.05, 0) is 74.4 Å². The molecule has 0 unspecified atom stereocenters. The fraction of sp³-hybridized carbons (Fsp3) is 0.235. The summed E-state index contributed by atoms with van der Waals surface area (Å²) in [5.74, 6) is -1.60. The smallest absolute Gasteiger partial charge is 0.264 e. The van der Waals surface area contributed by atoms with E-state index in [0.29, 0.717) is 10.6 Å². The third-order valence-electron chi connectivity index (χ3n) is 6.79. The predicted octanol–water partition coefficient (Wildman–Crippen LogP) is 6.23. The summed E-state index contributed by atoms with van der Waals surface area (Å²) < 4.78 is 42.7. The van der Waals surface area contributed by atoms with E-state index in [4.69, 9.17) is 11.6 Å². The van der Waals surface area contributed by atoms with Crippen LogP contribution in [-0.4, -0.2) is 43.3 Å². The number of anilines is 1. The van der Waals surface area contributed by atoms with Gasteiger partial charge in [-0.2, -0.15) is 0 Å². The second-order valence-corrected chi connectivity index (χ2v) is 13.6. The van der Waals surface area contributed by atoms with Crippen molar-refractivity contribution in [3.8, 4) is 0 Å². The van der Waals surface area contributed by atoms with Crippen LogP contribution in [0.3, 0.4) is 0 Å². The number of benzene rings is 4. The average Bonchev–Trinajstić information content (AvgIpc) is 2.99. The highest BCUT2D eigenvalue weighted by Crippen LogP contribution is 2.26. The molecule has 7 nitrogen and oxygen atoms in total. The van der Waals surface area contributed by atoms with E-state index in [1.165, 1.54) is 29.2 Å². The summed E-state index contributed by atoms with van der Waals surface area (Å²) in [6, 6.07) is 27.8. The number of halogens is 2. The van der Waals surface area contributed by atoms with E-state index in [9.17, 15) is 22.4 Å². The zero-order chi connectivity index (χ0) is 31.9. The minimum absolute atomic E-state index is 0.0407. The lowest BCUT2D eigenvalue weighted by atomic mass is 10.0. The molecular weight excluding hydrogens is 601 g/mol. The second kappa shape index (κ2) is 14.1. The molecule has 0 bridgehead atoms. The first-order valence-corrected chi connectivity index (χ1v) is 15.9. The fourth-order valence-corrected chi connectivity index (χ4v) is 6.30. The number of hydrogen-bond acceptors (Lipinski definition) is 4. The van der Waals surface area contributed by atoms with Gasteiger partial charge in [0.05, 0.1) is 10.6 Å². The maximum atomic E-state index is 14.4. The maximum Gasteiger partial charge on any atom is 0.264 e. The molecular formula is C34H35ClFN3O4S. The minimum Gasteiger partial charge on any atom is -0.350 e. The molecule has 0 aliphatic carbocycles. The molecule has 0 heterocycles. The average molecular weight is 636 g/mol. The molecule has 0 aliphatic heterocycles. The van der Waals surface area contributed by atoms with Gasteiger partial charge in [-0.15, -0.1) is 0 Å². The quantitative estimate of drug-likeness (QED) is 0.212. The van der Waals surface area contributed by atoms with Crippen molar-refractivity contribution < 1.29 is 22.4 Å². The van der Waals surface area contributed by atoms with Gasteiger partial charge >= 0.3 is 0 Å². The second-order valence-electron chi connectivity index (χ2n) is 11.4. The summed E-state index contributed by atoms with van der Waals surface area (Å²) in [5.41, 5.74) is 0.885. The van der Waals surface area contributed by atoms with Crippen LogP contribution in [0.1, 0.15) is 31.9 Å². The summed E-state index contributed by atoms with van der Waals surface area (Å²) in [4.78, 5) is 29.6. The summed E-state index contributed by atoms with van der Waals surface area (Å²) in [7, 11) is -4.27. The summed E-state index contributed by atoms with van der Waals surface area (Å²) in [6.07, 6.45) is 0.168. The van der Waals surface area contributed by atoms with Crippen molar-refractivity contribution in [1.82, 2.24) is 10.2 Å². The highest BCUT2D eigenvalue weighted by Gasteiger charge is 2.35. The molecule has 0 saturated carbocycles. The van der Waals surface area contributed by atoms with Gasteiger partial charge in [-0.3, -0.25) is 13.9 Å². The molecule has 4 rings (SSSR count). The Morgan fingerprint density at radius 1 is 0.841 bits per heavy atom. The molecule has 1 atom stereocenters. The van der Waals surface area contributed by atoms with Gasteiger partial charge < -0.3 is 10.2 Å². The number of carbonyl (C=O) groups is 2. The molecule has 4 aromatic carbocycles. The van der Waals surface area contributed by atoms with Crippen LogP contribution >= 0.6 is 11.6 Å². The number of rotatable bonds is 11. The van der Waals surface area contributed by atoms with Crippen molar-refractivity contribution in [3.05, 3.63) is 131 Å². The number of nitrogens with zero attached hydrogens (tertiary/aromatic N) is 2. The number of amides is 2. The maximum absolute atomic E-state index is 14.4. The summed E-state index contributed by atoms with van der Waals surface area (Å²) >= 11 is 6.51. The Kier molecular flexibility index (Phi) is 10.4. The van der Waals surface area contributed by atoms with Gasteiger partial charge in [0.15, 0.2) is 0 Å². The normalized spacial score (nSPS) is 12.3. The van der Waals surface area contributed by atoms with Crippen LogP contribution < -0.4 is 9.62 Å². The number of carbonyl (C=O) groups excluding carboxylic acids is 2. The topological polar surface area (TPSA) is 86.8 Å². The highest BCUT2D eigenvalue weighted by atomic mass is 35.5. The van der Waals surface area contributed by atoms with E-state index in [-0.39, 0.29) is 23.5 Å². The highest BCUT2D eigenvalue weighted by molar-refractivity contribution is 7.92. The molecule has 4 aromatic rings. The predicted molar refractivity (Wildman–Crippen MR) is 171 cm³/mol. The van der Waals surface area contributed by atoms with E-state index in [1.807, 2.05) is 51.1 Å². The van der Waals surface area contributed by atoms with E-state index < -0.39 is 45.8 Å². The van der Waals surface area contributed by atoms with Gasteiger partial charge in [0.2, 0.25) is 11.8 Å². The van der Waals surface area contributed by atoms with E-state index in [0.717, 1.165) is 22.0 Å². The Morgan fingerprint density at radius 3 is 2.00 bits per heavy atom. The lowest BCUT2D eigenvalue weighted by molar-refractivity contribution is -0.140. The number of hydrogen-bond donors (Lipinski definition) is 1. The molecule has 0 aliphatic rings. The summed E-state index contributed by atoms with van der Waals surface area (Å²) in [5, 5.41) is 3.38. The van der Waals surface area contributed by atoms with Crippen molar-refractivity contribution in [2.75, 3.05) is 10.8 Å². The van der Waals surface area contributed by atoms with Gasteiger partial charge in [0, 0.05) is 23.5 Å². The van der Waals surface area contributed by atoms with Gasteiger partial charge in [-0.25, -0.2) is 12.8 Å². The Balaban J connectivity index is 1.82. The zero-order valence-corrected chi connectivity index (χ0v) is 26.4. The van der Waals surface area contributed by atoms with E-state index in [2.05, 4.69) is 5.32 Å². The molecule has 0 aromatic heterocycles. The molecule has 1 N–H and O–H groups in total. The molecule has 0 spiro atoms. The Bertz CT molecular complexity index is 1680. The first kappa shape index (κ1) is 32.7. The molecule has 0 fully saturated rings. The SMILES string of the molecule is CC(C)(C)NC(=O)[C@@H](Cc1ccccc1)N(Cc1ccccc1Cl)C(=O)CN(c1ccc(F)cc1)S(=O)(=O)c1ccccc1. The molecule has 0 radical (unpaired) electrons. The van der Waals surface area contributed by atoms with Crippen LogP contribution in [0.2, 0.25) is 5.02 Å². The zero-order valence-electron chi connectivity index (χ0n) is 24.8. The molecule has 230 valence electrons. The van der Waals surface area contributed by atoms with Crippen molar-refractivity contribution >= 4 is 39.1 Å². The third kappa shape index (κ3) is 8.45. The van der Waals surface area contributed by atoms with Crippen LogP contribution in [0.5, 0.6) is 0 Å². The lowest BCUT2D eigenvalue weighted by Gasteiger charge is -2.35. The third-order valence-corrected chi connectivity index (χ3v) is 8.95. The van der Waals surface area contributed by atoms with Crippen molar-refractivity contribution in [2.45, 2.75) is 50.2 Å². The van der Waals surface area contributed by atoms with Crippen LogP contribution in [0.25, 0.3) is 0 Å². The monoisotopic (exact) mass is 635 g/mol. The van der Waals surface area contributed by atoms with E-state index >= 15 is 0 Å². The lowest BCUT2D eigenvalue weighted by Crippen LogP contribution is -2.56. The first-order chi connectivity index (χ1) is 20.8. The number of nitrogens with one attached hydrogen (secondary N) is 1. The van der Waals surface area contributed by atoms with Crippen molar-refractivity contribution in [3.63, 3.8) is 0 Å². The first-order valence-electron chi connectivity index (χ1n) is 14.1. The largest absolute Gasteiger partial charge is 0.350 e. The minimum atomic E-state index is -4.27. The Labute approximate surface area is 263 Å². The van der Waals surface area contributed by atoms with Gasteiger partial charge in [0.25, 0.3) is 10.0 Å². The summed E-state index contributed by atoms with van der Waals surface area (Å²) in [6.45, 7) is 4.81. The Hall–Kier alpha value is -4.21.